The highest BCUT2D eigenvalue weighted by atomic mass is 19.1. The van der Waals surface area contributed by atoms with E-state index in [0.717, 1.165) is 36.4 Å². The highest BCUT2D eigenvalue weighted by molar-refractivity contribution is 5.89. The minimum atomic E-state index is -1.27. The van der Waals surface area contributed by atoms with E-state index >= 15 is 0 Å². The smallest absolute Gasteiger partial charge is 0.335 e. The molecule has 18 heavy (non-hydrogen) atoms. The highest BCUT2D eigenvalue weighted by Gasteiger charge is 2.14. The first-order chi connectivity index (χ1) is 8.49. The molecular formula is C13H7F3O2. The molecule has 2 nitrogen and oxygen atoms in total. The van der Waals surface area contributed by atoms with Crippen molar-refractivity contribution in [3.8, 4) is 11.1 Å². The summed E-state index contributed by atoms with van der Waals surface area (Å²) in [5, 5.41) is 8.78. The fourth-order valence-corrected chi connectivity index (χ4v) is 1.57. The number of halogens is 3. The first-order valence-electron chi connectivity index (χ1n) is 4.97. The summed E-state index contributed by atoms with van der Waals surface area (Å²) >= 11 is 0. The summed E-state index contributed by atoms with van der Waals surface area (Å²) in [5.74, 6) is -3.64. The average molecular weight is 252 g/mol. The molecule has 0 atom stereocenters. The summed E-state index contributed by atoms with van der Waals surface area (Å²) < 4.78 is 40.1. The average Bonchev–Trinajstić information content (AvgIpc) is 2.33. The molecule has 0 unspecified atom stereocenters. The van der Waals surface area contributed by atoms with E-state index < -0.39 is 23.4 Å². The molecule has 2 aromatic rings. The Morgan fingerprint density at radius 1 is 0.889 bits per heavy atom. The van der Waals surface area contributed by atoms with Crippen molar-refractivity contribution < 1.29 is 23.1 Å². The Hall–Kier alpha value is -2.30. The van der Waals surface area contributed by atoms with E-state index in [-0.39, 0.29) is 16.7 Å². The van der Waals surface area contributed by atoms with Crippen LogP contribution in [0.2, 0.25) is 0 Å². The van der Waals surface area contributed by atoms with Gasteiger partial charge in [0.05, 0.1) is 5.56 Å². The normalized spacial score (nSPS) is 10.4. The van der Waals surface area contributed by atoms with E-state index in [4.69, 9.17) is 5.11 Å². The summed E-state index contributed by atoms with van der Waals surface area (Å²) in [4.78, 5) is 10.8. The van der Waals surface area contributed by atoms with Crippen molar-refractivity contribution in [3.05, 3.63) is 59.4 Å². The van der Waals surface area contributed by atoms with Crippen molar-refractivity contribution in [2.75, 3.05) is 0 Å². The van der Waals surface area contributed by atoms with Gasteiger partial charge in [0.15, 0.2) is 0 Å². The summed E-state index contributed by atoms with van der Waals surface area (Å²) in [5.41, 5.74) is -0.794. The Morgan fingerprint density at radius 3 is 2.06 bits per heavy atom. The Kier molecular flexibility index (Phi) is 3.06. The van der Waals surface area contributed by atoms with E-state index in [1.54, 1.807) is 0 Å². The molecule has 0 heterocycles. The van der Waals surface area contributed by atoms with Gasteiger partial charge in [-0.1, -0.05) is 0 Å². The number of hydrogen-bond acceptors (Lipinski definition) is 1. The predicted molar refractivity (Wildman–Crippen MR) is 58.7 cm³/mol. The van der Waals surface area contributed by atoms with Crippen LogP contribution in [0.4, 0.5) is 13.2 Å². The van der Waals surface area contributed by atoms with Crippen LogP contribution >= 0.6 is 0 Å². The summed E-state index contributed by atoms with van der Waals surface area (Å²) in [7, 11) is 0. The molecule has 0 aromatic heterocycles. The molecule has 0 amide bonds. The van der Waals surface area contributed by atoms with E-state index in [2.05, 4.69) is 0 Å². The third-order valence-corrected chi connectivity index (χ3v) is 2.43. The zero-order valence-electron chi connectivity index (χ0n) is 8.95. The standard InChI is InChI=1S/C13H7F3O2/c14-8-2-4-12(16)10(6-8)9-5-7(13(17)18)1-3-11(9)15/h1-6H,(H,17,18). The van der Waals surface area contributed by atoms with Crippen LogP contribution in [0.25, 0.3) is 11.1 Å². The minimum absolute atomic E-state index is 0.199. The molecule has 1 N–H and O–H groups in total. The van der Waals surface area contributed by atoms with Crippen LogP contribution in [0.1, 0.15) is 10.4 Å². The van der Waals surface area contributed by atoms with E-state index in [1.807, 2.05) is 0 Å². The molecule has 2 rings (SSSR count). The molecule has 0 saturated heterocycles. The summed E-state index contributed by atoms with van der Waals surface area (Å²) in [6, 6.07) is 5.51. The minimum Gasteiger partial charge on any atom is -0.478 e. The molecule has 0 aliphatic carbocycles. The van der Waals surface area contributed by atoms with E-state index in [0.29, 0.717) is 0 Å². The number of benzene rings is 2. The van der Waals surface area contributed by atoms with Gasteiger partial charge in [0.1, 0.15) is 17.5 Å². The van der Waals surface area contributed by atoms with Gasteiger partial charge in [0.2, 0.25) is 0 Å². The van der Waals surface area contributed by atoms with Crippen molar-refractivity contribution in [2.45, 2.75) is 0 Å². The largest absolute Gasteiger partial charge is 0.478 e. The maximum Gasteiger partial charge on any atom is 0.335 e. The number of rotatable bonds is 2. The number of carbonyl (C=O) groups is 1. The summed E-state index contributed by atoms with van der Waals surface area (Å²) in [6.07, 6.45) is 0. The third kappa shape index (κ3) is 2.20. The van der Waals surface area contributed by atoms with Crippen LogP contribution in [0, 0.1) is 17.5 Å². The monoisotopic (exact) mass is 252 g/mol. The fourth-order valence-electron chi connectivity index (χ4n) is 1.57. The maximum atomic E-state index is 13.5. The van der Waals surface area contributed by atoms with Gasteiger partial charge >= 0.3 is 5.97 Å². The second-order valence-corrected chi connectivity index (χ2v) is 3.62. The zero-order chi connectivity index (χ0) is 13.3. The molecule has 2 aromatic carbocycles. The van der Waals surface area contributed by atoms with Crippen molar-refractivity contribution in [2.24, 2.45) is 0 Å². The second kappa shape index (κ2) is 4.52. The van der Waals surface area contributed by atoms with Crippen molar-refractivity contribution >= 4 is 5.97 Å². The molecule has 0 aliphatic heterocycles. The van der Waals surface area contributed by atoms with Gasteiger partial charge in [-0.05, 0) is 36.4 Å². The lowest BCUT2D eigenvalue weighted by Crippen LogP contribution is -1.98. The van der Waals surface area contributed by atoms with E-state index in [1.165, 1.54) is 0 Å². The third-order valence-electron chi connectivity index (χ3n) is 2.43. The van der Waals surface area contributed by atoms with E-state index in [9.17, 15) is 18.0 Å². The number of aromatic carboxylic acids is 1. The first-order valence-corrected chi connectivity index (χ1v) is 4.97. The highest BCUT2D eigenvalue weighted by Crippen LogP contribution is 2.27. The molecule has 0 saturated carbocycles. The molecule has 0 aliphatic rings. The van der Waals surface area contributed by atoms with Crippen LogP contribution in [-0.2, 0) is 0 Å². The maximum absolute atomic E-state index is 13.5. The fraction of sp³-hybridized carbons (Fsp3) is 0. The van der Waals surface area contributed by atoms with Crippen LogP contribution in [0.15, 0.2) is 36.4 Å². The lowest BCUT2D eigenvalue weighted by molar-refractivity contribution is 0.0697. The molecular weight excluding hydrogens is 245 g/mol. The van der Waals surface area contributed by atoms with Gasteiger partial charge in [-0.15, -0.1) is 0 Å². The number of carboxylic acids is 1. The van der Waals surface area contributed by atoms with Gasteiger partial charge in [-0.2, -0.15) is 0 Å². The van der Waals surface area contributed by atoms with Crippen LogP contribution in [0.5, 0.6) is 0 Å². The van der Waals surface area contributed by atoms with Gasteiger partial charge in [0, 0.05) is 11.1 Å². The summed E-state index contributed by atoms with van der Waals surface area (Å²) in [6.45, 7) is 0. The van der Waals surface area contributed by atoms with Gasteiger partial charge in [-0.25, -0.2) is 18.0 Å². The lowest BCUT2D eigenvalue weighted by atomic mass is 10.0. The molecule has 0 bridgehead atoms. The topological polar surface area (TPSA) is 37.3 Å². The van der Waals surface area contributed by atoms with Gasteiger partial charge in [0.25, 0.3) is 0 Å². The van der Waals surface area contributed by atoms with Crippen LogP contribution < -0.4 is 0 Å². The quantitative estimate of drug-likeness (QED) is 0.888. The SMILES string of the molecule is O=C(O)c1ccc(F)c(-c2cc(F)ccc2F)c1. The Morgan fingerprint density at radius 2 is 1.44 bits per heavy atom. The van der Waals surface area contributed by atoms with Crippen LogP contribution in [-0.4, -0.2) is 11.1 Å². The Labute approximate surface area is 100 Å². The Balaban J connectivity index is 2.66. The second-order valence-electron chi connectivity index (χ2n) is 3.62. The number of hydrogen-bond donors (Lipinski definition) is 1. The number of carboxylic acid groups (broad SMARTS) is 1. The van der Waals surface area contributed by atoms with Gasteiger partial charge < -0.3 is 5.11 Å². The molecule has 92 valence electrons. The Bertz CT molecular complexity index is 624. The van der Waals surface area contributed by atoms with Crippen molar-refractivity contribution in [1.29, 1.82) is 0 Å². The lowest BCUT2D eigenvalue weighted by Gasteiger charge is -2.06. The molecule has 0 fully saturated rings. The zero-order valence-corrected chi connectivity index (χ0v) is 8.95. The van der Waals surface area contributed by atoms with Gasteiger partial charge in [-0.3, -0.25) is 0 Å². The molecule has 0 spiro atoms. The predicted octanol–water partition coefficient (Wildman–Crippen LogP) is 3.47. The van der Waals surface area contributed by atoms with Crippen molar-refractivity contribution in [1.82, 2.24) is 0 Å². The first kappa shape index (κ1) is 12.2. The van der Waals surface area contributed by atoms with Crippen LogP contribution in [0.3, 0.4) is 0 Å². The molecule has 0 radical (unpaired) electrons. The molecule has 5 heteroatoms. The van der Waals surface area contributed by atoms with Crippen molar-refractivity contribution in [3.63, 3.8) is 0 Å².